The van der Waals surface area contributed by atoms with Crippen LogP contribution in [0.4, 0.5) is 5.69 Å². The lowest BCUT2D eigenvalue weighted by molar-refractivity contribution is -0.137. The highest BCUT2D eigenvalue weighted by Gasteiger charge is 2.27. The van der Waals surface area contributed by atoms with Gasteiger partial charge in [-0.3, -0.25) is 4.79 Å². The van der Waals surface area contributed by atoms with Gasteiger partial charge in [-0.25, -0.2) is 0 Å². The third-order valence-corrected chi connectivity index (χ3v) is 3.95. The van der Waals surface area contributed by atoms with Gasteiger partial charge in [0.25, 0.3) is 0 Å². The Morgan fingerprint density at radius 3 is 2.88 bits per heavy atom. The van der Waals surface area contributed by atoms with Crippen molar-refractivity contribution in [2.24, 2.45) is 0 Å². The van der Waals surface area contributed by atoms with Crippen LogP contribution in [0.3, 0.4) is 0 Å². The van der Waals surface area contributed by atoms with Crippen LogP contribution in [0.1, 0.15) is 24.3 Å². The van der Waals surface area contributed by atoms with E-state index >= 15 is 0 Å². The number of carboxylic acids is 1. The fraction of sp³-hybridized carbons (Fsp3) is 0.417. The number of benzene rings is 1. The van der Waals surface area contributed by atoms with Crippen molar-refractivity contribution >= 4 is 34.9 Å². The molecule has 1 unspecified atom stereocenters. The van der Waals surface area contributed by atoms with E-state index in [-0.39, 0.29) is 12.3 Å². The summed E-state index contributed by atoms with van der Waals surface area (Å²) in [5.74, 6) is -0.759. The van der Waals surface area contributed by atoms with Gasteiger partial charge in [0, 0.05) is 13.6 Å². The van der Waals surface area contributed by atoms with Crippen LogP contribution in [0.15, 0.2) is 12.1 Å². The third-order valence-electron chi connectivity index (χ3n) is 3.16. The maximum Gasteiger partial charge on any atom is 0.303 e. The molecular formula is C12H13Cl2NO2. The first-order valence-electron chi connectivity index (χ1n) is 5.41. The van der Waals surface area contributed by atoms with E-state index in [2.05, 4.69) is 0 Å². The molecule has 0 fully saturated rings. The second-order valence-corrected chi connectivity index (χ2v) is 5.09. The second-order valence-electron chi connectivity index (χ2n) is 4.30. The van der Waals surface area contributed by atoms with Gasteiger partial charge in [0.2, 0.25) is 0 Å². The topological polar surface area (TPSA) is 40.5 Å². The minimum Gasteiger partial charge on any atom is -0.481 e. The number of fused-ring (bicyclic) bond motifs is 1. The molecule has 1 aromatic rings. The molecule has 5 heteroatoms. The summed E-state index contributed by atoms with van der Waals surface area (Å²) in [6, 6.07) is 3.61. The number of aliphatic carboxylic acids is 1. The molecule has 1 aliphatic heterocycles. The van der Waals surface area contributed by atoms with Crippen LogP contribution in [-0.2, 0) is 4.79 Å². The van der Waals surface area contributed by atoms with E-state index in [1.54, 1.807) is 6.07 Å². The van der Waals surface area contributed by atoms with Gasteiger partial charge in [-0.15, -0.1) is 0 Å². The van der Waals surface area contributed by atoms with Crippen molar-refractivity contribution in [2.75, 3.05) is 18.5 Å². The number of nitrogens with zero attached hydrogens (tertiary/aromatic N) is 1. The summed E-state index contributed by atoms with van der Waals surface area (Å²) in [4.78, 5) is 12.9. The molecule has 3 nitrogen and oxygen atoms in total. The summed E-state index contributed by atoms with van der Waals surface area (Å²) in [6.07, 6.45) is 0.965. The lowest BCUT2D eigenvalue weighted by Gasteiger charge is -2.33. The molecule has 2 rings (SSSR count). The van der Waals surface area contributed by atoms with Gasteiger partial charge in [0.05, 0.1) is 22.2 Å². The van der Waals surface area contributed by atoms with Crippen LogP contribution in [0.2, 0.25) is 10.0 Å². The predicted octanol–water partition coefficient (Wildman–Crippen LogP) is 3.39. The van der Waals surface area contributed by atoms with Crippen molar-refractivity contribution in [1.82, 2.24) is 0 Å². The highest BCUT2D eigenvalue weighted by atomic mass is 35.5. The summed E-state index contributed by atoms with van der Waals surface area (Å²) in [5.41, 5.74) is 1.85. The molecule has 1 aromatic carbocycles. The fourth-order valence-electron chi connectivity index (χ4n) is 2.31. The largest absolute Gasteiger partial charge is 0.481 e. The molecule has 0 aromatic heterocycles. The summed E-state index contributed by atoms with van der Waals surface area (Å²) >= 11 is 12.2. The summed E-state index contributed by atoms with van der Waals surface area (Å²) in [5, 5.41) is 9.93. The van der Waals surface area contributed by atoms with Crippen molar-refractivity contribution in [2.45, 2.75) is 18.8 Å². The molecule has 1 atom stereocenters. The number of rotatable bonds is 2. The maximum atomic E-state index is 10.8. The van der Waals surface area contributed by atoms with E-state index in [0.29, 0.717) is 10.0 Å². The van der Waals surface area contributed by atoms with Gasteiger partial charge in [0.1, 0.15) is 0 Å². The van der Waals surface area contributed by atoms with E-state index < -0.39 is 5.97 Å². The van der Waals surface area contributed by atoms with Gasteiger partial charge in [-0.05, 0) is 24.0 Å². The number of halogens is 2. The molecule has 1 N–H and O–H groups in total. The van der Waals surface area contributed by atoms with Gasteiger partial charge < -0.3 is 10.0 Å². The number of hydrogen-bond acceptors (Lipinski definition) is 2. The third kappa shape index (κ3) is 2.35. The van der Waals surface area contributed by atoms with Crippen LogP contribution in [0.25, 0.3) is 0 Å². The van der Waals surface area contributed by atoms with Crippen molar-refractivity contribution in [3.63, 3.8) is 0 Å². The molecule has 0 spiro atoms. The van der Waals surface area contributed by atoms with Crippen molar-refractivity contribution in [3.8, 4) is 0 Å². The van der Waals surface area contributed by atoms with Crippen LogP contribution in [0, 0.1) is 0 Å². The van der Waals surface area contributed by atoms with Crippen LogP contribution in [-0.4, -0.2) is 24.7 Å². The molecule has 0 radical (unpaired) electrons. The van der Waals surface area contributed by atoms with E-state index in [9.17, 15) is 4.79 Å². The molecule has 0 bridgehead atoms. The number of hydrogen-bond donors (Lipinski definition) is 1. The van der Waals surface area contributed by atoms with E-state index in [1.165, 1.54) is 0 Å². The zero-order valence-corrected chi connectivity index (χ0v) is 10.9. The highest BCUT2D eigenvalue weighted by Crippen LogP contribution is 2.43. The molecule has 92 valence electrons. The van der Waals surface area contributed by atoms with E-state index in [1.807, 2.05) is 18.0 Å². The number of carboxylic acid groups (broad SMARTS) is 1. The smallest absolute Gasteiger partial charge is 0.303 e. The van der Waals surface area contributed by atoms with Crippen molar-refractivity contribution < 1.29 is 9.90 Å². The lowest BCUT2D eigenvalue weighted by atomic mass is 9.87. The molecule has 1 heterocycles. The molecule has 0 aliphatic carbocycles. The lowest BCUT2D eigenvalue weighted by Crippen LogP contribution is -2.28. The predicted molar refractivity (Wildman–Crippen MR) is 69.3 cm³/mol. The molecule has 1 aliphatic rings. The van der Waals surface area contributed by atoms with Crippen LogP contribution < -0.4 is 4.90 Å². The average molecular weight is 274 g/mol. The first kappa shape index (κ1) is 12.5. The molecule has 0 saturated carbocycles. The normalized spacial score (nSPS) is 19.0. The Morgan fingerprint density at radius 1 is 1.53 bits per heavy atom. The Balaban J connectivity index is 2.46. The average Bonchev–Trinajstić information content (AvgIpc) is 2.26. The number of carbonyl (C=O) groups is 1. The quantitative estimate of drug-likeness (QED) is 0.898. The molecule has 17 heavy (non-hydrogen) atoms. The highest BCUT2D eigenvalue weighted by molar-refractivity contribution is 6.43. The summed E-state index contributed by atoms with van der Waals surface area (Å²) < 4.78 is 0. The Kier molecular flexibility index (Phi) is 3.50. The maximum absolute atomic E-state index is 10.8. The molecule has 0 saturated heterocycles. The second kappa shape index (κ2) is 4.75. The SMILES string of the molecule is CN1CCC(CC(=O)O)c2ccc(Cl)c(Cl)c21. The van der Waals surface area contributed by atoms with Gasteiger partial charge >= 0.3 is 5.97 Å². The zero-order valence-electron chi connectivity index (χ0n) is 9.41. The fourth-order valence-corrected chi connectivity index (χ4v) is 2.78. The zero-order chi connectivity index (χ0) is 12.6. The Labute approximate surface area is 110 Å². The van der Waals surface area contributed by atoms with E-state index in [0.717, 1.165) is 24.2 Å². The van der Waals surface area contributed by atoms with Crippen LogP contribution >= 0.6 is 23.2 Å². The Hall–Kier alpha value is -0.930. The first-order chi connectivity index (χ1) is 8.00. The van der Waals surface area contributed by atoms with Gasteiger partial charge in [0.15, 0.2) is 0 Å². The van der Waals surface area contributed by atoms with Crippen molar-refractivity contribution in [3.05, 3.63) is 27.7 Å². The van der Waals surface area contributed by atoms with Crippen molar-refractivity contribution in [1.29, 1.82) is 0 Å². The molecular weight excluding hydrogens is 261 g/mol. The van der Waals surface area contributed by atoms with E-state index in [4.69, 9.17) is 28.3 Å². The first-order valence-corrected chi connectivity index (χ1v) is 6.17. The van der Waals surface area contributed by atoms with Crippen LogP contribution in [0.5, 0.6) is 0 Å². The summed E-state index contributed by atoms with van der Waals surface area (Å²) in [7, 11) is 1.94. The number of anilines is 1. The minimum atomic E-state index is -0.781. The Morgan fingerprint density at radius 2 is 2.24 bits per heavy atom. The monoisotopic (exact) mass is 273 g/mol. The molecule has 0 amide bonds. The van der Waals surface area contributed by atoms with Gasteiger partial charge in [-0.1, -0.05) is 29.3 Å². The Bertz CT molecular complexity index is 462. The summed E-state index contributed by atoms with van der Waals surface area (Å²) in [6.45, 7) is 0.797. The standard InChI is InChI=1S/C12H13Cl2NO2/c1-15-5-4-7(6-10(16)17)8-2-3-9(13)11(14)12(8)15/h2-3,7H,4-6H2,1H3,(H,16,17). The minimum absolute atomic E-state index is 0.0217. The van der Waals surface area contributed by atoms with Gasteiger partial charge in [-0.2, -0.15) is 0 Å².